The van der Waals surface area contributed by atoms with Crippen molar-refractivity contribution in [2.24, 2.45) is 0 Å². The van der Waals surface area contributed by atoms with Gasteiger partial charge in [-0.3, -0.25) is 28.8 Å². The van der Waals surface area contributed by atoms with E-state index in [2.05, 4.69) is 4.74 Å². The lowest BCUT2D eigenvalue weighted by molar-refractivity contribution is -0.476. The van der Waals surface area contributed by atoms with Crippen LogP contribution in [0.2, 0.25) is 0 Å². The van der Waals surface area contributed by atoms with E-state index in [1.807, 2.05) is 110 Å². The maximum atomic E-state index is 14.0. The average Bonchev–Trinajstić information content (AvgIpc) is 0.668. The number of rotatable bonds is 24. The zero-order valence-corrected chi connectivity index (χ0v) is 54.9. The minimum Gasteiger partial charge on any atom is -0.497 e. The fraction of sp³-hybridized carbons (Fsp3) is 0.352. The van der Waals surface area contributed by atoms with Crippen molar-refractivity contribution in [3.05, 3.63) is 191 Å². The van der Waals surface area contributed by atoms with Gasteiger partial charge in [0, 0.05) is 33.4 Å². The Kier molecular flexibility index (Phi) is 31.5. The van der Waals surface area contributed by atoms with Gasteiger partial charge >= 0.3 is 71.6 Å². The predicted octanol–water partition coefficient (Wildman–Crippen LogP) is 21.7. The first kappa shape index (κ1) is 93.4. The molecular weight excluding hydrogens is 1470 g/mol. The van der Waals surface area contributed by atoms with E-state index < -0.39 is 89.7 Å². The first-order valence-electron chi connectivity index (χ1n) is 28.8. The van der Waals surface area contributed by atoms with Gasteiger partial charge in [0.2, 0.25) is 0 Å². The summed E-state index contributed by atoms with van der Waals surface area (Å²) in [6.45, 7) is 7.25. The van der Waals surface area contributed by atoms with Gasteiger partial charge in [0.05, 0.1) is 21.3 Å². The number of fused-ring (bicyclic) bond motifs is 1. The zero-order chi connectivity index (χ0) is 79.4. The quantitative estimate of drug-likeness (QED) is 0.0424. The minimum atomic E-state index is -9.52. The summed E-state index contributed by atoms with van der Waals surface area (Å²) in [5, 5.41) is 2.14. The summed E-state index contributed by atoms with van der Waals surface area (Å²) in [7, 11) is 4.92. The highest BCUT2D eigenvalue weighted by Crippen LogP contribution is 2.67. The second-order valence-electron chi connectivity index (χ2n) is 21.9. The first-order chi connectivity index (χ1) is 47.0. The number of hydrogen-bond donors (Lipinski definition) is 0. The number of halogens is 24. The lowest BCUT2D eigenvalue weighted by atomic mass is 9.84. The Morgan fingerprint density at radius 2 is 0.619 bits per heavy atom. The third-order valence-corrected chi connectivity index (χ3v) is 14.7. The van der Waals surface area contributed by atoms with Crippen molar-refractivity contribution in [2.75, 3.05) is 27.9 Å². The van der Waals surface area contributed by atoms with Crippen LogP contribution in [-0.4, -0.2) is 134 Å². The molecule has 0 radical (unpaired) electrons. The van der Waals surface area contributed by atoms with E-state index in [0.717, 1.165) is 57.2 Å². The smallest absolute Gasteiger partial charge is 0.385 e. The van der Waals surface area contributed by atoms with Crippen molar-refractivity contribution < 1.29 is 153 Å². The summed E-state index contributed by atoms with van der Waals surface area (Å²) in [5.74, 6) is -96.1. The second-order valence-corrected chi connectivity index (χ2v) is 21.9. The molecule has 7 aromatic carbocycles. The van der Waals surface area contributed by atoms with E-state index in [1.165, 1.54) is 13.8 Å². The molecule has 0 aliphatic carbocycles. The van der Waals surface area contributed by atoms with Crippen molar-refractivity contribution in [1.29, 1.82) is 0 Å². The molecule has 0 bridgehead atoms. The monoisotopic (exact) mass is 1530 g/mol. The van der Waals surface area contributed by atoms with Crippen LogP contribution in [-0.2, 0) is 0 Å². The molecule has 0 fully saturated rings. The Labute approximate surface area is 584 Å². The van der Waals surface area contributed by atoms with Crippen LogP contribution in [0.1, 0.15) is 124 Å². The molecule has 0 aliphatic rings. The Hall–Kier alpha value is -9.66. The zero-order valence-electron chi connectivity index (χ0n) is 54.9. The Bertz CT molecular complexity index is 4020. The summed E-state index contributed by atoms with van der Waals surface area (Å²) in [4.78, 5) is 66.3. The number of benzene rings is 7. The van der Waals surface area contributed by atoms with Crippen LogP contribution in [0.25, 0.3) is 21.9 Å². The van der Waals surface area contributed by atoms with Crippen LogP contribution in [0.15, 0.2) is 152 Å². The number of carbonyl (C=O) groups excluding carboxylic acids is 6. The van der Waals surface area contributed by atoms with Crippen LogP contribution in [0.4, 0.5) is 105 Å². The topological polar surface area (TPSA) is 139 Å². The van der Waals surface area contributed by atoms with Gasteiger partial charge in [-0.2, -0.15) is 96.6 Å². The normalized spacial score (nSPS) is 12.3. The van der Waals surface area contributed by atoms with Gasteiger partial charge in [-0.15, -0.1) is 0 Å². The van der Waals surface area contributed by atoms with Gasteiger partial charge in [0.1, 0.15) is 11.5 Å². The molecule has 34 heteroatoms. The summed E-state index contributed by atoms with van der Waals surface area (Å²) < 4.78 is 344. The number of aryl methyl sites for hydroxylation is 1. The standard InChI is InChI=1S/C21H10F24O2.C16H14O2.C13H12O2.C10H10O2.C9H12O2.2CH4/c1-7(46)8-2-4-9(5-3-8)47-6-11(24,25)13(28,29)15(32,33)17(36,37)19(40,41)21(44,45)20(42,43)18(38,39)16(34,35)14(30,31)12(26,27)10(22)23;1-11(17)13-3-7-15(8-4-13)16-9-5-14(6-10-16)12(2)18;1-9(14)10-3-4-12-8-13(15-2)6-5-11(12)7-10;1-7(11)9-3-5-10(6-4-9)8(2)12;1-7-5-4-6-8(10-2)9(7)11-3;;/h2-5,10H,6H2,1H3;3-10H,1-2H3;3-8H,1-2H3;3-6H,1-2H3;4-6H,1-3H3;2*1H4. The highest BCUT2D eigenvalue weighted by molar-refractivity contribution is 5.99. The molecule has 0 aromatic heterocycles. The average molecular weight is 1540 g/mol. The van der Waals surface area contributed by atoms with E-state index >= 15 is 0 Å². The number of alkyl halides is 24. The van der Waals surface area contributed by atoms with Crippen molar-refractivity contribution in [3.63, 3.8) is 0 Å². The molecule has 0 aliphatic heterocycles. The molecule has 0 saturated carbocycles. The number of methoxy groups -OCH3 is 3. The summed E-state index contributed by atoms with van der Waals surface area (Å²) in [5.41, 5.74) is 6.33. The van der Waals surface area contributed by atoms with Crippen molar-refractivity contribution in [3.8, 4) is 34.1 Å². The van der Waals surface area contributed by atoms with Gasteiger partial charge in [-0.05, 0) is 124 Å². The predicted molar refractivity (Wildman–Crippen MR) is 339 cm³/mol. The van der Waals surface area contributed by atoms with E-state index in [0.29, 0.717) is 46.5 Å². The number of Topliss-reactive ketones (excluding diaryl/α,β-unsaturated/α-hetero) is 6. The largest absolute Gasteiger partial charge is 0.497 e. The molecular formula is C71H66F24O10. The number of ether oxygens (including phenoxy) is 4. The second kappa shape index (κ2) is 35.4. The highest BCUT2D eigenvalue weighted by atomic mass is 19.4. The third-order valence-electron chi connectivity index (χ3n) is 14.7. The minimum absolute atomic E-state index is 0. The van der Waals surface area contributed by atoms with Crippen molar-refractivity contribution >= 4 is 45.5 Å². The molecule has 0 amide bonds. The summed E-state index contributed by atoms with van der Waals surface area (Å²) in [6.07, 6.45) is -6.27. The van der Waals surface area contributed by atoms with E-state index in [-0.39, 0.29) is 49.3 Å². The fourth-order valence-corrected chi connectivity index (χ4v) is 8.36. The van der Waals surface area contributed by atoms with Gasteiger partial charge in [-0.25, -0.2) is 8.78 Å². The fourth-order valence-electron chi connectivity index (χ4n) is 8.36. The highest BCUT2D eigenvalue weighted by Gasteiger charge is 2.99. The lowest BCUT2D eigenvalue weighted by Gasteiger charge is -2.45. The molecule has 0 saturated heterocycles. The number of ketones is 6. The molecule has 105 heavy (non-hydrogen) atoms. The maximum Gasteiger partial charge on any atom is 0.385 e. The Morgan fingerprint density at radius 3 is 0.924 bits per heavy atom. The Balaban J connectivity index is 0.000000763. The number of carbonyl (C=O) groups is 6. The van der Waals surface area contributed by atoms with Crippen LogP contribution in [0, 0.1) is 6.92 Å². The molecule has 578 valence electrons. The molecule has 0 spiro atoms. The van der Waals surface area contributed by atoms with Gasteiger partial charge in [0.15, 0.2) is 52.8 Å². The van der Waals surface area contributed by atoms with Gasteiger partial charge < -0.3 is 18.9 Å². The molecule has 10 nitrogen and oxygen atoms in total. The van der Waals surface area contributed by atoms with Crippen LogP contribution >= 0.6 is 0 Å². The van der Waals surface area contributed by atoms with Crippen LogP contribution in [0.5, 0.6) is 23.0 Å². The SMILES string of the molecule is C.C.CC(=O)c1ccc(-c2ccc(C(C)=O)cc2)cc1.CC(=O)c1ccc(C(C)=O)cc1.CC(=O)c1ccc(OCC(F)(F)C(F)(F)C(F)(F)C(F)(F)C(F)(F)C(F)(F)C(F)(F)C(F)(F)C(F)(F)C(F)(F)C(F)(F)C(F)F)cc1.COc1ccc2cc(C(C)=O)ccc2c1.COc1cccc(C)c1OC. The van der Waals surface area contributed by atoms with Crippen molar-refractivity contribution in [1.82, 2.24) is 0 Å². The maximum absolute atomic E-state index is 14.0. The molecule has 0 heterocycles. The molecule has 0 atom stereocenters. The molecule has 0 N–H and O–H groups in total. The number of hydrogen-bond acceptors (Lipinski definition) is 10. The summed E-state index contributed by atoms with van der Waals surface area (Å²) >= 11 is 0. The molecule has 7 aromatic rings. The van der Waals surface area contributed by atoms with Crippen molar-refractivity contribution in [2.45, 2.75) is 135 Å². The summed E-state index contributed by atoms with van der Waals surface area (Å²) in [6, 6.07) is 41.1. The number of para-hydroxylation sites is 1. The lowest BCUT2D eigenvalue weighted by Crippen LogP contribution is -2.78. The van der Waals surface area contributed by atoms with E-state index in [9.17, 15) is 134 Å². The first-order valence-corrected chi connectivity index (χ1v) is 28.8. The molecule has 7 rings (SSSR count). The van der Waals surface area contributed by atoms with E-state index in [4.69, 9.17) is 14.2 Å². The van der Waals surface area contributed by atoms with Crippen LogP contribution in [0.3, 0.4) is 0 Å². The van der Waals surface area contributed by atoms with Gasteiger partial charge in [-0.1, -0.05) is 118 Å². The third kappa shape index (κ3) is 19.6. The van der Waals surface area contributed by atoms with E-state index in [1.54, 1.807) is 66.4 Å². The Morgan fingerprint density at radius 1 is 0.333 bits per heavy atom. The van der Waals surface area contributed by atoms with Crippen LogP contribution < -0.4 is 18.9 Å². The van der Waals surface area contributed by atoms with Gasteiger partial charge in [0.25, 0.3) is 0 Å². The molecule has 0 unspecified atom stereocenters.